The Morgan fingerprint density at radius 1 is 0.971 bits per heavy atom. The topological polar surface area (TPSA) is 76.9 Å². The first-order valence-electron chi connectivity index (χ1n) is 11.3. The number of carbonyl (C=O) groups is 1. The van der Waals surface area contributed by atoms with Gasteiger partial charge in [0, 0.05) is 55.8 Å². The summed E-state index contributed by atoms with van der Waals surface area (Å²) in [5, 5.41) is 5.03. The molecule has 0 radical (unpaired) electrons. The lowest BCUT2D eigenvalue weighted by Gasteiger charge is -2.34. The van der Waals surface area contributed by atoms with E-state index >= 15 is 0 Å². The largest absolute Gasteiger partial charge is 0.454 e. The third-order valence-corrected chi connectivity index (χ3v) is 6.33. The summed E-state index contributed by atoms with van der Waals surface area (Å²) in [6, 6.07) is 16.5. The van der Waals surface area contributed by atoms with Crippen LogP contribution < -0.4 is 15.0 Å². The third kappa shape index (κ3) is 5.08. The first kappa shape index (κ1) is 22.4. The molecule has 8 nitrogen and oxygen atoms in total. The number of fused-ring (bicyclic) bond motifs is 1. The molecule has 0 saturated carbocycles. The number of benzene rings is 2. The number of amides is 1. The molecule has 5 rings (SSSR count). The van der Waals surface area contributed by atoms with E-state index in [0.29, 0.717) is 23.8 Å². The fourth-order valence-corrected chi connectivity index (χ4v) is 4.41. The van der Waals surface area contributed by atoms with Gasteiger partial charge in [-0.2, -0.15) is 5.10 Å². The Morgan fingerprint density at radius 3 is 2.62 bits per heavy atom. The van der Waals surface area contributed by atoms with Crippen molar-refractivity contribution in [2.45, 2.75) is 19.5 Å². The number of aromatic nitrogens is 2. The molecule has 2 aliphatic rings. The molecule has 0 unspecified atom stereocenters. The van der Waals surface area contributed by atoms with Gasteiger partial charge in [-0.25, -0.2) is 4.68 Å². The highest BCUT2D eigenvalue weighted by Crippen LogP contribution is 2.32. The molecule has 9 heteroatoms. The number of halogens is 1. The molecule has 34 heavy (non-hydrogen) atoms. The Kier molecular flexibility index (Phi) is 6.51. The van der Waals surface area contributed by atoms with Crippen LogP contribution in [0.15, 0.2) is 59.4 Å². The Hall–Kier alpha value is -3.36. The van der Waals surface area contributed by atoms with Crippen molar-refractivity contribution in [3.05, 3.63) is 75.5 Å². The van der Waals surface area contributed by atoms with Crippen LogP contribution in [-0.4, -0.2) is 58.5 Å². The molecule has 0 N–H and O–H groups in total. The molecule has 1 saturated heterocycles. The van der Waals surface area contributed by atoms with Crippen LogP contribution in [0.5, 0.6) is 11.5 Å². The van der Waals surface area contributed by atoms with Crippen molar-refractivity contribution in [1.29, 1.82) is 0 Å². The maximum absolute atomic E-state index is 12.8. The molecule has 2 aliphatic heterocycles. The average Bonchev–Trinajstić information content (AvgIpc) is 3.32. The van der Waals surface area contributed by atoms with Gasteiger partial charge < -0.3 is 14.4 Å². The number of hydrogen-bond acceptors (Lipinski definition) is 6. The van der Waals surface area contributed by atoms with E-state index in [9.17, 15) is 9.59 Å². The quantitative estimate of drug-likeness (QED) is 0.540. The van der Waals surface area contributed by atoms with Crippen LogP contribution in [-0.2, 0) is 17.9 Å². The van der Waals surface area contributed by atoms with Gasteiger partial charge in [0.2, 0.25) is 12.7 Å². The zero-order valence-corrected chi connectivity index (χ0v) is 19.4. The molecule has 0 atom stereocenters. The molecule has 3 aromatic rings. The fourth-order valence-electron chi connectivity index (χ4n) is 4.22. The van der Waals surface area contributed by atoms with E-state index in [1.807, 2.05) is 35.2 Å². The van der Waals surface area contributed by atoms with E-state index < -0.39 is 0 Å². The third-order valence-electron chi connectivity index (χ3n) is 6.09. The highest BCUT2D eigenvalue weighted by atomic mass is 35.5. The van der Waals surface area contributed by atoms with E-state index in [0.717, 1.165) is 42.3 Å². The molecule has 0 spiro atoms. The summed E-state index contributed by atoms with van der Waals surface area (Å²) in [5.74, 6) is 1.60. The minimum atomic E-state index is -0.230. The van der Waals surface area contributed by atoms with E-state index in [4.69, 9.17) is 21.1 Å². The minimum absolute atomic E-state index is 0.0320. The second-order valence-electron chi connectivity index (χ2n) is 8.38. The van der Waals surface area contributed by atoms with Gasteiger partial charge >= 0.3 is 0 Å². The lowest BCUT2D eigenvalue weighted by molar-refractivity contribution is -0.133. The summed E-state index contributed by atoms with van der Waals surface area (Å²) in [7, 11) is 0. The predicted octanol–water partition coefficient (Wildman–Crippen LogP) is 3.03. The highest BCUT2D eigenvalue weighted by molar-refractivity contribution is 6.30. The number of nitrogens with zero attached hydrogens (tertiary/aromatic N) is 4. The van der Waals surface area contributed by atoms with Crippen LogP contribution in [0.1, 0.15) is 12.0 Å². The number of piperazine rings is 1. The standard InChI is InChI=1S/C25H25ClN4O4/c26-20-3-1-2-19(15-20)21-5-7-25(32)30(27-21)9-8-24(31)29-12-10-28(11-13-29)16-18-4-6-22-23(14-18)34-17-33-22/h1-7,14-15H,8-13,16-17H2. The molecule has 1 aromatic heterocycles. The predicted molar refractivity (Wildman–Crippen MR) is 128 cm³/mol. The van der Waals surface area contributed by atoms with Crippen LogP contribution in [0, 0.1) is 0 Å². The highest BCUT2D eigenvalue weighted by Gasteiger charge is 2.22. The molecule has 1 fully saturated rings. The van der Waals surface area contributed by atoms with Gasteiger partial charge in [-0.15, -0.1) is 0 Å². The van der Waals surface area contributed by atoms with Crippen LogP contribution in [0.25, 0.3) is 11.3 Å². The minimum Gasteiger partial charge on any atom is -0.454 e. The Bertz CT molecular complexity index is 1250. The fraction of sp³-hybridized carbons (Fsp3) is 0.320. The first-order valence-corrected chi connectivity index (χ1v) is 11.7. The molecule has 176 valence electrons. The second-order valence-corrected chi connectivity index (χ2v) is 8.82. The average molecular weight is 481 g/mol. The molecule has 0 bridgehead atoms. The van der Waals surface area contributed by atoms with Crippen LogP contribution in [0.3, 0.4) is 0 Å². The van der Waals surface area contributed by atoms with Gasteiger partial charge in [-0.05, 0) is 35.9 Å². The maximum Gasteiger partial charge on any atom is 0.266 e. The second kappa shape index (κ2) is 9.87. The summed E-state index contributed by atoms with van der Waals surface area (Å²) >= 11 is 6.07. The van der Waals surface area contributed by atoms with Gasteiger partial charge in [0.15, 0.2) is 11.5 Å². The van der Waals surface area contributed by atoms with Crippen LogP contribution >= 0.6 is 11.6 Å². The van der Waals surface area contributed by atoms with E-state index in [-0.39, 0.29) is 31.2 Å². The van der Waals surface area contributed by atoms with Gasteiger partial charge in [-0.1, -0.05) is 29.8 Å². The van der Waals surface area contributed by atoms with E-state index in [1.54, 1.807) is 18.2 Å². The summed E-state index contributed by atoms with van der Waals surface area (Å²) in [6.07, 6.45) is 0.230. The number of ether oxygens (including phenoxy) is 2. The van der Waals surface area contributed by atoms with Gasteiger partial charge in [0.25, 0.3) is 5.56 Å². The molecule has 1 amide bonds. The van der Waals surface area contributed by atoms with Crippen LogP contribution in [0.4, 0.5) is 0 Å². The molecule has 0 aliphatic carbocycles. The molecule has 2 aromatic carbocycles. The zero-order valence-electron chi connectivity index (χ0n) is 18.7. The van der Waals surface area contributed by atoms with E-state index in [1.165, 1.54) is 10.7 Å². The van der Waals surface area contributed by atoms with Gasteiger partial charge in [0.1, 0.15) is 0 Å². The van der Waals surface area contributed by atoms with Crippen molar-refractivity contribution in [2.24, 2.45) is 0 Å². The summed E-state index contributed by atoms with van der Waals surface area (Å²) in [4.78, 5) is 29.2. The Balaban J connectivity index is 1.14. The van der Waals surface area contributed by atoms with Gasteiger partial charge in [0.05, 0.1) is 12.2 Å². The van der Waals surface area contributed by atoms with Crippen LogP contribution in [0.2, 0.25) is 5.02 Å². The first-order chi connectivity index (χ1) is 16.5. The van der Waals surface area contributed by atoms with Crippen molar-refractivity contribution in [1.82, 2.24) is 19.6 Å². The lowest BCUT2D eigenvalue weighted by Crippen LogP contribution is -2.48. The van der Waals surface area contributed by atoms with Crippen molar-refractivity contribution in [3.8, 4) is 22.8 Å². The number of hydrogen-bond donors (Lipinski definition) is 0. The summed E-state index contributed by atoms with van der Waals surface area (Å²) in [6.45, 7) is 4.22. The van der Waals surface area contributed by atoms with Crippen molar-refractivity contribution < 1.29 is 14.3 Å². The smallest absolute Gasteiger partial charge is 0.266 e. The molecular weight excluding hydrogens is 456 g/mol. The zero-order chi connectivity index (χ0) is 23.5. The molecule has 3 heterocycles. The number of carbonyl (C=O) groups excluding carboxylic acids is 1. The number of aryl methyl sites for hydroxylation is 1. The maximum atomic E-state index is 12.8. The molecular formula is C25H25ClN4O4. The Morgan fingerprint density at radius 2 is 1.79 bits per heavy atom. The SMILES string of the molecule is O=C(CCn1nc(-c2cccc(Cl)c2)ccc1=O)N1CCN(Cc2ccc3c(c2)OCO3)CC1. The van der Waals surface area contributed by atoms with E-state index in [2.05, 4.69) is 10.00 Å². The monoisotopic (exact) mass is 480 g/mol. The normalized spacial score (nSPS) is 15.5. The number of rotatable bonds is 6. The Labute approximate surface area is 202 Å². The summed E-state index contributed by atoms with van der Waals surface area (Å²) < 4.78 is 12.2. The van der Waals surface area contributed by atoms with Crippen molar-refractivity contribution in [3.63, 3.8) is 0 Å². The van der Waals surface area contributed by atoms with Gasteiger partial charge in [-0.3, -0.25) is 14.5 Å². The van der Waals surface area contributed by atoms with Crippen molar-refractivity contribution >= 4 is 17.5 Å². The summed E-state index contributed by atoms with van der Waals surface area (Å²) in [5.41, 5.74) is 2.40. The van der Waals surface area contributed by atoms with Crippen molar-refractivity contribution in [2.75, 3.05) is 33.0 Å². The lowest BCUT2D eigenvalue weighted by atomic mass is 10.1.